The van der Waals surface area contributed by atoms with Crippen molar-refractivity contribution in [1.82, 2.24) is 20.5 Å². The highest BCUT2D eigenvalue weighted by atomic mass is 16.6. The van der Waals surface area contributed by atoms with Crippen LogP contribution >= 0.6 is 0 Å². The summed E-state index contributed by atoms with van der Waals surface area (Å²) >= 11 is 0. The number of alkyl carbamates (subject to hydrolysis) is 1. The van der Waals surface area contributed by atoms with Gasteiger partial charge in [-0.15, -0.1) is 0 Å². The molecule has 2 amide bonds. The van der Waals surface area contributed by atoms with Crippen molar-refractivity contribution in [3.05, 3.63) is 30.1 Å². The molecule has 1 aliphatic rings. The number of anilines is 1. The van der Waals surface area contributed by atoms with E-state index >= 15 is 0 Å². The van der Waals surface area contributed by atoms with Crippen LogP contribution in [0.2, 0.25) is 0 Å². The van der Waals surface area contributed by atoms with Crippen molar-refractivity contribution < 1.29 is 18.7 Å². The van der Waals surface area contributed by atoms with E-state index in [2.05, 4.69) is 25.8 Å². The summed E-state index contributed by atoms with van der Waals surface area (Å²) < 4.78 is 10.5. The summed E-state index contributed by atoms with van der Waals surface area (Å²) in [5, 5.41) is 12.5. The summed E-state index contributed by atoms with van der Waals surface area (Å²) in [5.74, 6) is 0.969. The first-order valence-corrected chi connectivity index (χ1v) is 8.81. The van der Waals surface area contributed by atoms with Gasteiger partial charge in [0.05, 0.1) is 12.6 Å². The van der Waals surface area contributed by atoms with Gasteiger partial charge in [-0.3, -0.25) is 9.89 Å². The van der Waals surface area contributed by atoms with E-state index < -0.39 is 0 Å². The van der Waals surface area contributed by atoms with E-state index in [0.717, 1.165) is 31.4 Å². The summed E-state index contributed by atoms with van der Waals surface area (Å²) in [5.41, 5.74) is 0.931. The Kier molecular flexibility index (Phi) is 5.88. The second-order valence-electron chi connectivity index (χ2n) is 6.37. The molecule has 2 heterocycles. The molecule has 0 aliphatic heterocycles. The zero-order valence-corrected chi connectivity index (χ0v) is 14.7. The van der Waals surface area contributed by atoms with Crippen molar-refractivity contribution in [2.24, 2.45) is 0 Å². The zero-order chi connectivity index (χ0) is 18.4. The van der Waals surface area contributed by atoms with Crippen LogP contribution in [0, 0.1) is 0 Å². The average Bonchev–Trinajstić information content (AvgIpc) is 3.35. The predicted octanol–water partition coefficient (Wildman–Crippen LogP) is 2.35. The molecule has 0 saturated heterocycles. The molecule has 3 N–H and O–H groups in total. The number of ether oxygens (including phenoxy) is 1. The Labute approximate surface area is 150 Å². The third-order valence-corrected chi connectivity index (χ3v) is 4.30. The zero-order valence-electron chi connectivity index (χ0n) is 14.7. The monoisotopic (exact) mass is 361 g/mol. The Hall–Kier alpha value is -2.84. The summed E-state index contributed by atoms with van der Waals surface area (Å²) in [6, 6.07) is 1.82. The lowest BCUT2D eigenvalue weighted by molar-refractivity contribution is -0.115. The van der Waals surface area contributed by atoms with Gasteiger partial charge in [-0.05, 0) is 25.7 Å². The fourth-order valence-electron chi connectivity index (χ4n) is 3.03. The molecule has 9 nitrogen and oxygen atoms in total. The van der Waals surface area contributed by atoms with Crippen LogP contribution in [0.25, 0.3) is 0 Å². The normalized spacial score (nSPS) is 19.3. The number of oxazole rings is 1. The summed E-state index contributed by atoms with van der Waals surface area (Å²) in [7, 11) is 0. The summed E-state index contributed by atoms with van der Waals surface area (Å²) in [4.78, 5) is 27.4. The van der Waals surface area contributed by atoms with Crippen LogP contribution in [0.5, 0.6) is 0 Å². The van der Waals surface area contributed by atoms with Crippen LogP contribution in [0.4, 0.5) is 10.6 Å². The SMILES string of the molecule is CCCNC(=O)O[C@@H]1CC[C@H](c2cc(NC(=O)Cc3cnco3)n[nH]2)C1. The Balaban J connectivity index is 1.47. The summed E-state index contributed by atoms with van der Waals surface area (Å²) in [6.07, 6.45) is 5.78. The molecule has 0 radical (unpaired) electrons. The number of aromatic nitrogens is 3. The Morgan fingerprint density at radius 3 is 3.08 bits per heavy atom. The van der Waals surface area contributed by atoms with Gasteiger partial charge >= 0.3 is 6.09 Å². The number of hydrogen-bond acceptors (Lipinski definition) is 6. The number of H-pyrrole nitrogens is 1. The molecule has 0 bridgehead atoms. The molecular formula is C17H23N5O4. The molecule has 26 heavy (non-hydrogen) atoms. The van der Waals surface area contributed by atoms with Gasteiger partial charge in [0.25, 0.3) is 0 Å². The van der Waals surface area contributed by atoms with Gasteiger partial charge in [0.2, 0.25) is 5.91 Å². The van der Waals surface area contributed by atoms with E-state index in [1.165, 1.54) is 12.6 Å². The summed E-state index contributed by atoms with van der Waals surface area (Å²) in [6.45, 7) is 2.61. The Morgan fingerprint density at radius 2 is 2.31 bits per heavy atom. The van der Waals surface area contributed by atoms with Crippen LogP contribution in [-0.4, -0.2) is 39.8 Å². The number of amides is 2. The van der Waals surface area contributed by atoms with Crippen molar-refractivity contribution in [2.45, 2.75) is 51.0 Å². The van der Waals surface area contributed by atoms with Gasteiger partial charge in [-0.25, -0.2) is 9.78 Å². The van der Waals surface area contributed by atoms with Gasteiger partial charge in [0, 0.05) is 24.2 Å². The number of carbonyl (C=O) groups is 2. The lowest BCUT2D eigenvalue weighted by atomic mass is 10.0. The minimum absolute atomic E-state index is 0.0929. The quantitative estimate of drug-likeness (QED) is 0.696. The molecule has 1 aliphatic carbocycles. The highest BCUT2D eigenvalue weighted by Gasteiger charge is 2.30. The fourth-order valence-corrected chi connectivity index (χ4v) is 3.03. The highest BCUT2D eigenvalue weighted by Crippen LogP contribution is 2.35. The third kappa shape index (κ3) is 4.84. The molecule has 3 rings (SSSR count). The molecule has 0 aromatic carbocycles. The van der Waals surface area contributed by atoms with E-state index in [9.17, 15) is 9.59 Å². The molecule has 2 aromatic rings. The Morgan fingerprint density at radius 1 is 1.42 bits per heavy atom. The molecule has 1 saturated carbocycles. The minimum Gasteiger partial charge on any atom is -0.448 e. The maximum Gasteiger partial charge on any atom is 0.407 e. The number of aromatic amines is 1. The van der Waals surface area contributed by atoms with Crippen LogP contribution in [0.15, 0.2) is 23.1 Å². The second-order valence-corrected chi connectivity index (χ2v) is 6.37. The predicted molar refractivity (Wildman–Crippen MR) is 92.6 cm³/mol. The van der Waals surface area contributed by atoms with Gasteiger partial charge in [-0.1, -0.05) is 6.92 Å². The number of nitrogens with zero attached hydrogens (tertiary/aromatic N) is 2. The van der Waals surface area contributed by atoms with Crippen molar-refractivity contribution >= 4 is 17.8 Å². The van der Waals surface area contributed by atoms with Crippen molar-refractivity contribution in [3.8, 4) is 0 Å². The van der Waals surface area contributed by atoms with E-state index in [-0.39, 0.29) is 30.4 Å². The van der Waals surface area contributed by atoms with E-state index in [1.54, 1.807) is 0 Å². The minimum atomic E-state index is -0.359. The first-order chi connectivity index (χ1) is 12.6. The van der Waals surface area contributed by atoms with Crippen molar-refractivity contribution in [1.29, 1.82) is 0 Å². The number of hydrogen-bond donors (Lipinski definition) is 3. The first kappa shape index (κ1) is 18.0. The van der Waals surface area contributed by atoms with Crippen molar-refractivity contribution in [2.75, 3.05) is 11.9 Å². The highest BCUT2D eigenvalue weighted by molar-refractivity contribution is 5.91. The number of carbonyl (C=O) groups excluding carboxylic acids is 2. The van der Waals surface area contributed by atoms with E-state index in [4.69, 9.17) is 9.15 Å². The van der Waals surface area contributed by atoms with Crippen LogP contribution in [0.1, 0.15) is 50.0 Å². The molecule has 2 atom stereocenters. The largest absolute Gasteiger partial charge is 0.448 e. The van der Waals surface area contributed by atoms with E-state index in [1.807, 2.05) is 13.0 Å². The lowest BCUT2D eigenvalue weighted by Gasteiger charge is -2.12. The maximum absolute atomic E-state index is 12.0. The molecule has 1 fully saturated rings. The molecule has 0 spiro atoms. The first-order valence-electron chi connectivity index (χ1n) is 8.81. The smallest absolute Gasteiger partial charge is 0.407 e. The lowest BCUT2D eigenvalue weighted by Crippen LogP contribution is -2.28. The van der Waals surface area contributed by atoms with Gasteiger partial charge in [0.1, 0.15) is 11.9 Å². The van der Waals surface area contributed by atoms with Crippen LogP contribution in [-0.2, 0) is 16.0 Å². The topological polar surface area (TPSA) is 122 Å². The molecule has 9 heteroatoms. The second kappa shape index (κ2) is 8.50. The molecule has 2 aromatic heterocycles. The Bertz CT molecular complexity index is 727. The van der Waals surface area contributed by atoms with Crippen molar-refractivity contribution in [3.63, 3.8) is 0 Å². The van der Waals surface area contributed by atoms with E-state index in [0.29, 0.717) is 18.1 Å². The van der Waals surface area contributed by atoms with Gasteiger partial charge in [0.15, 0.2) is 12.2 Å². The number of rotatable bonds is 7. The third-order valence-electron chi connectivity index (χ3n) is 4.30. The molecule has 0 unspecified atom stereocenters. The molecule has 140 valence electrons. The number of nitrogens with one attached hydrogen (secondary N) is 3. The fraction of sp³-hybridized carbons (Fsp3) is 0.529. The van der Waals surface area contributed by atoms with Gasteiger partial charge in [-0.2, -0.15) is 5.10 Å². The van der Waals surface area contributed by atoms with Gasteiger partial charge < -0.3 is 19.8 Å². The molecular weight excluding hydrogens is 338 g/mol. The van der Waals surface area contributed by atoms with Crippen LogP contribution < -0.4 is 10.6 Å². The van der Waals surface area contributed by atoms with Crippen LogP contribution in [0.3, 0.4) is 0 Å². The maximum atomic E-state index is 12.0. The average molecular weight is 361 g/mol. The standard InChI is InChI=1S/C17H23N5O4/c1-2-5-19-17(24)26-12-4-3-11(6-12)14-8-15(22-21-14)20-16(23)7-13-9-18-10-25-13/h8-12H,2-7H2,1H3,(H,19,24)(H2,20,21,22,23)/t11-,12+/m0/s1.